The Labute approximate surface area is 181 Å². The molecule has 154 valence electrons. The molecule has 2 aromatic rings. The van der Waals surface area contributed by atoms with E-state index in [0.717, 1.165) is 16.8 Å². The number of carbonyl (C=O) groups excluding carboxylic acids is 2. The van der Waals surface area contributed by atoms with Crippen LogP contribution in [0, 0.1) is 13.8 Å². The minimum absolute atomic E-state index is 0.0390. The number of halogens is 2. The van der Waals surface area contributed by atoms with Crippen molar-refractivity contribution in [2.45, 2.75) is 26.8 Å². The molecule has 1 unspecified atom stereocenters. The Morgan fingerprint density at radius 3 is 2.21 bits per heavy atom. The summed E-state index contributed by atoms with van der Waals surface area (Å²) in [6.45, 7) is 8.20. The number of nitrogens with zero attached hydrogens (tertiary/aromatic N) is 2. The second-order valence-electron chi connectivity index (χ2n) is 7.38. The van der Waals surface area contributed by atoms with Gasteiger partial charge in [0.1, 0.15) is 0 Å². The summed E-state index contributed by atoms with van der Waals surface area (Å²) in [7, 11) is 0. The first kappa shape index (κ1) is 21.6. The van der Waals surface area contributed by atoms with Crippen LogP contribution < -0.4 is 5.32 Å². The average Bonchev–Trinajstić information content (AvgIpc) is 2.70. The molecule has 3 rings (SSSR count). The number of piperazine rings is 1. The number of aryl methyl sites for hydroxylation is 2. The van der Waals surface area contributed by atoms with E-state index in [-0.39, 0.29) is 17.9 Å². The first-order valence-corrected chi connectivity index (χ1v) is 10.4. The quantitative estimate of drug-likeness (QED) is 0.777. The van der Waals surface area contributed by atoms with Crippen molar-refractivity contribution in [2.24, 2.45) is 0 Å². The highest BCUT2D eigenvalue weighted by molar-refractivity contribution is 6.36. The predicted octanol–water partition coefficient (Wildman–Crippen LogP) is 4.40. The zero-order valence-electron chi connectivity index (χ0n) is 16.8. The summed E-state index contributed by atoms with van der Waals surface area (Å²) in [5.41, 5.74) is 3.41. The molecule has 1 aliphatic heterocycles. The summed E-state index contributed by atoms with van der Waals surface area (Å²) in [6.07, 6.45) is 0. The highest BCUT2D eigenvalue weighted by atomic mass is 35.5. The number of rotatable bonds is 4. The van der Waals surface area contributed by atoms with Gasteiger partial charge in [0.2, 0.25) is 5.91 Å². The SMILES string of the molecule is Cc1cccc(C)c1NC(=O)C(C)N1CCN(C(=O)c2ccc(Cl)cc2Cl)CC1. The largest absolute Gasteiger partial charge is 0.336 e. The van der Waals surface area contributed by atoms with Crippen molar-refractivity contribution in [1.29, 1.82) is 0 Å². The lowest BCUT2D eigenvalue weighted by Gasteiger charge is -2.37. The van der Waals surface area contributed by atoms with Gasteiger partial charge in [-0.05, 0) is 50.1 Å². The number of amides is 2. The molecule has 5 nitrogen and oxygen atoms in total. The van der Waals surface area contributed by atoms with Crippen molar-refractivity contribution in [3.8, 4) is 0 Å². The van der Waals surface area contributed by atoms with E-state index in [1.165, 1.54) is 0 Å². The van der Waals surface area contributed by atoms with E-state index in [9.17, 15) is 9.59 Å². The van der Waals surface area contributed by atoms with Crippen LogP contribution in [-0.2, 0) is 4.79 Å². The maximum atomic E-state index is 12.8. The molecule has 2 amide bonds. The number of hydrogen-bond donors (Lipinski definition) is 1. The number of hydrogen-bond acceptors (Lipinski definition) is 3. The van der Waals surface area contributed by atoms with Crippen LogP contribution in [0.3, 0.4) is 0 Å². The van der Waals surface area contributed by atoms with Crippen molar-refractivity contribution in [1.82, 2.24) is 9.80 Å². The fourth-order valence-corrected chi connectivity index (χ4v) is 4.04. The molecule has 1 heterocycles. The van der Waals surface area contributed by atoms with Crippen LogP contribution in [-0.4, -0.2) is 53.8 Å². The third-order valence-corrected chi connectivity index (χ3v) is 5.97. The predicted molar refractivity (Wildman–Crippen MR) is 118 cm³/mol. The van der Waals surface area contributed by atoms with E-state index in [0.29, 0.717) is 41.8 Å². The van der Waals surface area contributed by atoms with Crippen LogP contribution in [0.5, 0.6) is 0 Å². The van der Waals surface area contributed by atoms with Crippen molar-refractivity contribution >= 4 is 40.7 Å². The third kappa shape index (κ3) is 4.92. The van der Waals surface area contributed by atoms with Crippen LogP contribution in [0.2, 0.25) is 10.0 Å². The summed E-state index contributed by atoms with van der Waals surface area (Å²) < 4.78 is 0. The molecule has 0 aromatic heterocycles. The Morgan fingerprint density at radius 1 is 1.00 bits per heavy atom. The zero-order chi connectivity index (χ0) is 21.1. The Hall–Kier alpha value is -2.08. The van der Waals surface area contributed by atoms with Gasteiger partial charge in [0.15, 0.2) is 0 Å². The summed E-state index contributed by atoms with van der Waals surface area (Å²) in [5.74, 6) is -0.151. The Balaban J connectivity index is 1.59. The fraction of sp³-hybridized carbons (Fsp3) is 0.364. The maximum Gasteiger partial charge on any atom is 0.255 e. The molecule has 2 aromatic carbocycles. The van der Waals surface area contributed by atoms with E-state index < -0.39 is 0 Å². The molecule has 1 saturated heterocycles. The topological polar surface area (TPSA) is 52.7 Å². The maximum absolute atomic E-state index is 12.8. The first-order chi connectivity index (χ1) is 13.8. The fourth-order valence-electron chi connectivity index (χ4n) is 3.55. The van der Waals surface area contributed by atoms with E-state index in [4.69, 9.17) is 23.2 Å². The minimum Gasteiger partial charge on any atom is -0.336 e. The van der Waals surface area contributed by atoms with Crippen molar-refractivity contribution in [2.75, 3.05) is 31.5 Å². The first-order valence-electron chi connectivity index (χ1n) is 9.63. The van der Waals surface area contributed by atoms with Gasteiger partial charge in [0.05, 0.1) is 16.6 Å². The smallest absolute Gasteiger partial charge is 0.255 e. The molecule has 1 aliphatic rings. The molecular formula is C22H25Cl2N3O2. The number of para-hydroxylation sites is 1. The van der Waals surface area contributed by atoms with Gasteiger partial charge in [-0.15, -0.1) is 0 Å². The lowest BCUT2D eigenvalue weighted by molar-refractivity contribution is -0.121. The van der Waals surface area contributed by atoms with Gasteiger partial charge in [0, 0.05) is 36.9 Å². The van der Waals surface area contributed by atoms with Gasteiger partial charge in [-0.1, -0.05) is 41.4 Å². The Kier molecular flexibility index (Phi) is 6.83. The second-order valence-corrected chi connectivity index (χ2v) is 8.23. The highest BCUT2D eigenvalue weighted by Crippen LogP contribution is 2.23. The van der Waals surface area contributed by atoms with Crippen LogP contribution in [0.25, 0.3) is 0 Å². The molecule has 1 N–H and O–H groups in total. The zero-order valence-corrected chi connectivity index (χ0v) is 18.3. The van der Waals surface area contributed by atoms with Crippen molar-refractivity contribution in [3.05, 3.63) is 63.1 Å². The van der Waals surface area contributed by atoms with Crippen LogP contribution in [0.15, 0.2) is 36.4 Å². The Morgan fingerprint density at radius 2 is 1.62 bits per heavy atom. The number of benzene rings is 2. The Bertz CT molecular complexity index is 904. The highest BCUT2D eigenvalue weighted by Gasteiger charge is 2.29. The number of carbonyl (C=O) groups is 2. The third-order valence-electron chi connectivity index (χ3n) is 5.42. The van der Waals surface area contributed by atoms with Gasteiger partial charge < -0.3 is 10.2 Å². The lowest BCUT2D eigenvalue weighted by Crippen LogP contribution is -2.54. The van der Waals surface area contributed by atoms with Gasteiger partial charge in [-0.2, -0.15) is 0 Å². The summed E-state index contributed by atoms with van der Waals surface area (Å²) >= 11 is 12.1. The molecule has 0 bridgehead atoms. The molecule has 0 aliphatic carbocycles. The van der Waals surface area contributed by atoms with Crippen LogP contribution >= 0.6 is 23.2 Å². The van der Waals surface area contributed by atoms with Crippen LogP contribution in [0.4, 0.5) is 5.69 Å². The number of anilines is 1. The normalized spacial score (nSPS) is 15.8. The molecule has 7 heteroatoms. The molecule has 0 saturated carbocycles. The molecule has 0 radical (unpaired) electrons. The van der Waals surface area contributed by atoms with Gasteiger partial charge in [-0.3, -0.25) is 14.5 Å². The monoisotopic (exact) mass is 433 g/mol. The summed E-state index contributed by atoms with van der Waals surface area (Å²) in [5, 5.41) is 3.91. The summed E-state index contributed by atoms with van der Waals surface area (Å²) in [4.78, 5) is 29.4. The standard InChI is InChI=1S/C22H25Cl2N3O2/c1-14-5-4-6-15(2)20(14)25-21(28)16(3)26-9-11-27(12-10-26)22(29)18-8-7-17(23)13-19(18)24/h4-8,13,16H,9-12H2,1-3H3,(H,25,28). The van der Waals surface area contributed by atoms with E-state index in [1.807, 2.05) is 39.0 Å². The molecule has 1 atom stereocenters. The minimum atomic E-state index is -0.287. The van der Waals surface area contributed by atoms with Gasteiger partial charge in [0.25, 0.3) is 5.91 Å². The van der Waals surface area contributed by atoms with E-state index in [1.54, 1.807) is 23.1 Å². The second kappa shape index (κ2) is 9.16. The van der Waals surface area contributed by atoms with E-state index >= 15 is 0 Å². The van der Waals surface area contributed by atoms with E-state index in [2.05, 4.69) is 10.2 Å². The van der Waals surface area contributed by atoms with Gasteiger partial charge in [-0.25, -0.2) is 0 Å². The average molecular weight is 434 g/mol. The molecule has 29 heavy (non-hydrogen) atoms. The summed E-state index contributed by atoms with van der Waals surface area (Å²) in [6, 6.07) is 10.6. The van der Waals surface area contributed by atoms with Crippen LogP contribution in [0.1, 0.15) is 28.4 Å². The van der Waals surface area contributed by atoms with Crippen molar-refractivity contribution in [3.63, 3.8) is 0 Å². The molecule has 0 spiro atoms. The van der Waals surface area contributed by atoms with Crippen molar-refractivity contribution < 1.29 is 9.59 Å². The molecule has 1 fully saturated rings. The number of nitrogens with one attached hydrogen (secondary N) is 1. The van der Waals surface area contributed by atoms with Gasteiger partial charge >= 0.3 is 0 Å². The molecular weight excluding hydrogens is 409 g/mol. The lowest BCUT2D eigenvalue weighted by atomic mass is 10.1.